The maximum absolute atomic E-state index is 12.2. The van der Waals surface area contributed by atoms with Gasteiger partial charge in [-0.05, 0) is 29.1 Å². The minimum atomic E-state index is -0.124. The van der Waals surface area contributed by atoms with E-state index in [0.717, 1.165) is 16.3 Å². The molecule has 0 aliphatic rings. The summed E-state index contributed by atoms with van der Waals surface area (Å²) in [5.74, 6) is -0.124. The van der Waals surface area contributed by atoms with Crippen LogP contribution in [0.1, 0.15) is 15.9 Å². The van der Waals surface area contributed by atoms with E-state index in [2.05, 4.69) is 10.3 Å². The van der Waals surface area contributed by atoms with Crippen LogP contribution in [-0.2, 0) is 6.54 Å². The van der Waals surface area contributed by atoms with E-state index in [1.54, 1.807) is 18.3 Å². The van der Waals surface area contributed by atoms with E-state index < -0.39 is 0 Å². The second kappa shape index (κ2) is 5.94. The third-order valence-corrected chi connectivity index (χ3v) is 3.58. The molecule has 3 nitrogen and oxygen atoms in total. The minimum Gasteiger partial charge on any atom is -0.348 e. The molecule has 1 aromatic heterocycles. The van der Waals surface area contributed by atoms with Gasteiger partial charge in [-0.2, -0.15) is 0 Å². The molecule has 0 radical (unpaired) electrons. The highest BCUT2D eigenvalue weighted by Gasteiger charge is 2.08. The number of benzene rings is 2. The molecular weight excluding hydrogens is 284 g/mol. The zero-order chi connectivity index (χ0) is 14.7. The first-order valence-electron chi connectivity index (χ1n) is 6.60. The Kier molecular flexibility index (Phi) is 3.84. The van der Waals surface area contributed by atoms with Crippen LogP contribution in [0, 0.1) is 0 Å². The molecule has 4 heteroatoms. The van der Waals surface area contributed by atoms with Gasteiger partial charge in [0.1, 0.15) is 5.15 Å². The number of aromatic nitrogens is 1. The molecule has 0 aliphatic heterocycles. The van der Waals surface area contributed by atoms with Gasteiger partial charge < -0.3 is 5.32 Å². The average molecular weight is 297 g/mol. The molecule has 0 unspecified atom stereocenters. The van der Waals surface area contributed by atoms with Crippen molar-refractivity contribution in [2.24, 2.45) is 0 Å². The van der Waals surface area contributed by atoms with E-state index in [-0.39, 0.29) is 5.91 Å². The number of nitrogens with zero attached hydrogens (tertiary/aromatic N) is 1. The molecule has 0 bridgehead atoms. The van der Waals surface area contributed by atoms with Crippen LogP contribution in [-0.4, -0.2) is 10.9 Å². The van der Waals surface area contributed by atoms with Crippen molar-refractivity contribution >= 4 is 28.3 Å². The van der Waals surface area contributed by atoms with Gasteiger partial charge >= 0.3 is 0 Å². The lowest BCUT2D eigenvalue weighted by Gasteiger charge is -2.07. The quantitative estimate of drug-likeness (QED) is 0.747. The first-order valence-corrected chi connectivity index (χ1v) is 6.98. The summed E-state index contributed by atoms with van der Waals surface area (Å²) in [5.41, 5.74) is 1.64. The average Bonchev–Trinajstić information content (AvgIpc) is 2.54. The first-order chi connectivity index (χ1) is 10.2. The fourth-order valence-electron chi connectivity index (χ4n) is 2.15. The molecule has 21 heavy (non-hydrogen) atoms. The summed E-state index contributed by atoms with van der Waals surface area (Å²) in [6.07, 6.45) is 1.65. The van der Waals surface area contributed by atoms with Crippen LogP contribution in [0.25, 0.3) is 10.8 Å². The van der Waals surface area contributed by atoms with Crippen molar-refractivity contribution in [3.63, 3.8) is 0 Å². The van der Waals surface area contributed by atoms with Crippen LogP contribution in [0.2, 0.25) is 5.15 Å². The maximum atomic E-state index is 12.2. The summed E-state index contributed by atoms with van der Waals surface area (Å²) in [6, 6.07) is 17.1. The zero-order valence-electron chi connectivity index (χ0n) is 11.2. The highest BCUT2D eigenvalue weighted by molar-refractivity contribution is 6.34. The number of fused-ring (bicyclic) bond motifs is 1. The fourth-order valence-corrected chi connectivity index (χ4v) is 2.37. The van der Waals surface area contributed by atoms with Gasteiger partial charge in [0.2, 0.25) is 0 Å². The van der Waals surface area contributed by atoms with Gasteiger partial charge in [0.15, 0.2) is 0 Å². The highest BCUT2D eigenvalue weighted by Crippen LogP contribution is 2.22. The number of hydrogen-bond donors (Lipinski definition) is 1. The molecular formula is C17H13ClN2O. The van der Waals surface area contributed by atoms with Crippen LogP contribution in [0.3, 0.4) is 0 Å². The topological polar surface area (TPSA) is 42.0 Å². The highest BCUT2D eigenvalue weighted by atomic mass is 35.5. The molecule has 1 amide bonds. The number of amides is 1. The zero-order valence-corrected chi connectivity index (χ0v) is 12.0. The predicted octanol–water partition coefficient (Wildman–Crippen LogP) is 3.82. The van der Waals surface area contributed by atoms with Gasteiger partial charge in [-0.1, -0.05) is 48.0 Å². The van der Waals surface area contributed by atoms with Gasteiger partial charge in [0.05, 0.1) is 0 Å². The molecule has 1 heterocycles. The standard InChI is InChI=1S/C17H13ClN2O/c18-16-15-10-14(7-6-13(15)8-9-19-16)17(21)20-11-12-4-2-1-3-5-12/h1-10H,11H2,(H,20,21). The molecule has 0 aliphatic carbocycles. The maximum Gasteiger partial charge on any atom is 0.251 e. The Morgan fingerprint density at radius 2 is 1.90 bits per heavy atom. The minimum absolute atomic E-state index is 0.124. The number of nitrogens with one attached hydrogen (secondary N) is 1. The van der Waals surface area contributed by atoms with E-state index in [0.29, 0.717) is 17.3 Å². The van der Waals surface area contributed by atoms with Crippen molar-refractivity contribution in [2.45, 2.75) is 6.54 Å². The fraction of sp³-hybridized carbons (Fsp3) is 0.0588. The van der Waals surface area contributed by atoms with Gasteiger partial charge in [-0.15, -0.1) is 0 Å². The molecule has 0 saturated heterocycles. The molecule has 0 atom stereocenters. The summed E-state index contributed by atoms with van der Waals surface area (Å²) in [7, 11) is 0. The smallest absolute Gasteiger partial charge is 0.251 e. The largest absolute Gasteiger partial charge is 0.348 e. The van der Waals surface area contributed by atoms with Crippen molar-refractivity contribution in [1.82, 2.24) is 10.3 Å². The Morgan fingerprint density at radius 3 is 2.71 bits per heavy atom. The Balaban J connectivity index is 1.80. The van der Waals surface area contributed by atoms with Crippen LogP contribution < -0.4 is 5.32 Å². The second-order valence-electron chi connectivity index (χ2n) is 4.71. The summed E-state index contributed by atoms with van der Waals surface area (Å²) < 4.78 is 0. The summed E-state index contributed by atoms with van der Waals surface area (Å²) in [4.78, 5) is 16.2. The normalized spacial score (nSPS) is 10.5. The molecule has 1 N–H and O–H groups in total. The molecule has 3 rings (SSSR count). The predicted molar refractivity (Wildman–Crippen MR) is 84.4 cm³/mol. The van der Waals surface area contributed by atoms with Gasteiger partial charge in [-0.3, -0.25) is 4.79 Å². The van der Waals surface area contributed by atoms with E-state index in [1.807, 2.05) is 42.5 Å². The van der Waals surface area contributed by atoms with Crippen LogP contribution in [0.4, 0.5) is 0 Å². The Labute approximate surface area is 127 Å². The number of carbonyl (C=O) groups excluding carboxylic acids is 1. The number of carbonyl (C=O) groups is 1. The van der Waals surface area contributed by atoms with Crippen molar-refractivity contribution in [3.05, 3.63) is 77.1 Å². The number of halogens is 1. The van der Waals surface area contributed by atoms with Crippen LogP contribution in [0.15, 0.2) is 60.8 Å². The number of rotatable bonds is 3. The lowest BCUT2D eigenvalue weighted by molar-refractivity contribution is 0.0951. The summed E-state index contributed by atoms with van der Waals surface area (Å²) >= 11 is 6.06. The molecule has 3 aromatic rings. The van der Waals surface area contributed by atoms with Gasteiger partial charge in [0, 0.05) is 23.7 Å². The van der Waals surface area contributed by atoms with Crippen LogP contribution >= 0.6 is 11.6 Å². The van der Waals surface area contributed by atoms with E-state index in [9.17, 15) is 4.79 Å². The lowest BCUT2D eigenvalue weighted by atomic mass is 10.1. The Hall–Kier alpha value is -2.39. The SMILES string of the molecule is O=C(NCc1ccccc1)c1ccc2ccnc(Cl)c2c1. The van der Waals surface area contributed by atoms with Crippen molar-refractivity contribution in [3.8, 4) is 0 Å². The lowest BCUT2D eigenvalue weighted by Crippen LogP contribution is -2.22. The number of hydrogen-bond acceptors (Lipinski definition) is 2. The summed E-state index contributed by atoms with van der Waals surface area (Å²) in [5, 5.41) is 5.06. The molecule has 104 valence electrons. The first kappa shape index (κ1) is 13.6. The monoisotopic (exact) mass is 296 g/mol. The van der Waals surface area contributed by atoms with Gasteiger partial charge in [0.25, 0.3) is 5.91 Å². The molecule has 0 spiro atoms. The molecule has 2 aromatic carbocycles. The van der Waals surface area contributed by atoms with Crippen molar-refractivity contribution in [1.29, 1.82) is 0 Å². The van der Waals surface area contributed by atoms with E-state index in [1.165, 1.54) is 0 Å². The summed E-state index contributed by atoms with van der Waals surface area (Å²) in [6.45, 7) is 0.498. The van der Waals surface area contributed by atoms with Gasteiger partial charge in [-0.25, -0.2) is 4.98 Å². The van der Waals surface area contributed by atoms with Crippen molar-refractivity contribution < 1.29 is 4.79 Å². The third kappa shape index (κ3) is 3.03. The third-order valence-electron chi connectivity index (χ3n) is 3.28. The van der Waals surface area contributed by atoms with E-state index >= 15 is 0 Å². The Bertz CT molecular complexity index is 787. The second-order valence-corrected chi connectivity index (χ2v) is 5.06. The van der Waals surface area contributed by atoms with Crippen LogP contribution in [0.5, 0.6) is 0 Å². The van der Waals surface area contributed by atoms with E-state index in [4.69, 9.17) is 11.6 Å². The molecule has 0 saturated carbocycles. The van der Waals surface area contributed by atoms with Crippen molar-refractivity contribution in [2.75, 3.05) is 0 Å². The molecule has 0 fully saturated rings. The Morgan fingerprint density at radius 1 is 1.10 bits per heavy atom. The number of pyridine rings is 1.